The Labute approximate surface area is 133 Å². The second-order valence-electron chi connectivity index (χ2n) is 4.67. The molecule has 0 bridgehead atoms. The van der Waals surface area contributed by atoms with Crippen molar-refractivity contribution in [3.8, 4) is 6.07 Å². The van der Waals surface area contributed by atoms with Gasteiger partial charge in [0.2, 0.25) is 0 Å². The molecule has 0 aromatic carbocycles. The summed E-state index contributed by atoms with van der Waals surface area (Å²) < 4.78 is 6.15. The van der Waals surface area contributed by atoms with Crippen LogP contribution in [0.2, 0.25) is 0 Å². The zero-order chi connectivity index (χ0) is 15.1. The highest BCUT2D eigenvalue weighted by Crippen LogP contribution is 2.43. The van der Waals surface area contributed by atoms with Crippen molar-refractivity contribution in [3.63, 3.8) is 0 Å². The second kappa shape index (κ2) is 8.20. The van der Waals surface area contributed by atoms with Gasteiger partial charge in [0.1, 0.15) is 22.8 Å². The van der Waals surface area contributed by atoms with Crippen LogP contribution >= 0.6 is 23.5 Å². The van der Waals surface area contributed by atoms with Gasteiger partial charge >= 0.3 is 0 Å². The fourth-order valence-corrected chi connectivity index (χ4v) is 4.46. The molecule has 0 radical (unpaired) electrons. The first kappa shape index (κ1) is 16.1. The lowest BCUT2D eigenvalue weighted by molar-refractivity contribution is -0.117. The van der Waals surface area contributed by atoms with Gasteiger partial charge in [-0.25, -0.2) is 0 Å². The van der Waals surface area contributed by atoms with E-state index in [1.54, 1.807) is 24.1 Å². The van der Waals surface area contributed by atoms with E-state index in [1.807, 2.05) is 12.1 Å². The van der Waals surface area contributed by atoms with E-state index < -0.39 is 0 Å². The van der Waals surface area contributed by atoms with Gasteiger partial charge in [-0.3, -0.25) is 4.79 Å². The van der Waals surface area contributed by atoms with Gasteiger partial charge in [0.15, 0.2) is 0 Å². The third kappa shape index (κ3) is 4.32. The number of carbonyl (C=O) groups is 1. The Hall–Kier alpha value is -1.32. The monoisotopic (exact) mass is 322 g/mol. The Kier molecular flexibility index (Phi) is 6.27. The van der Waals surface area contributed by atoms with Crippen LogP contribution < -0.4 is 5.32 Å². The molecule has 0 saturated heterocycles. The van der Waals surface area contributed by atoms with Crippen LogP contribution in [-0.4, -0.2) is 11.7 Å². The Morgan fingerprint density at radius 2 is 2.33 bits per heavy atom. The molecule has 112 valence electrons. The number of nitriles is 1. The zero-order valence-electron chi connectivity index (χ0n) is 11.9. The molecule has 0 fully saturated rings. The summed E-state index contributed by atoms with van der Waals surface area (Å²) in [5.74, 6) is 1.33. The third-order valence-electron chi connectivity index (χ3n) is 3.06. The highest BCUT2D eigenvalue weighted by atomic mass is 32.2. The van der Waals surface area contributed by atoms with Crippen molar-refractivity contribution in [1.82, 2.24) is 5.32 Å². The van der Waals surface area contributed by atoms with Crippen LogP contribution in [0.4, 0.5) is 0 Å². The molecule has 0 saturated carbocycles. The van der Waals surface area contributed by atoms with E-state index in [1.165, 1.54) is 31.0 Å². The Bertz CT molecular complexity index is 547. The number of furan rings is 1. The highest BCUT2D eigenvalue weighted by Gasteiger charge is 2.30. The van der Waals surface area contributed by atoms with Crippen molar-refractivity contribution >= 4 is 29.4 Å². The van der Waals surface area contributed by atoms with Gasteiger partial charge < -0.3 is 9.73 Å². The van der Waals surface area contributed by atoms with E-state index in [0.29, 0.717) is 5.76 Å². The number of nitrogens with zero attached hydrogens (tertiary/aromatic N) is 1. The summed E-state index contributed by atoms with van der Waals surface area (Å²) in [5, 5.41) is 11.7. The summed E-state index contributed by atoms with van der Waals surface area (Å²) in [4.78, 5) is 12.0. The maximum absolute atomic E-state index is 12.0. The molecule has 1 aromatic rings. The Balaban J connectivity index is 2.00. The van der Waals surface area contributed by atoms with Crippen molar-refractivity contribution in [1.29, 1.82) is 5.26 Å². The van der Waals surface area contributed by atoms with Gasteiger partial charge in [-0.15, -0.1) is 11.8 Å². The minimum absolute atomic E-state index is 0.225. The van der Waals surface area contributed by atoms with Crippen LogP contribution in [-0.2, 0) is 4.79 Å². The normalized spacial score (nSPS) is 18.5. The van der Waals surface area contributed by atoms with Crippen LogP contribution in [0.5, 0.6) is 0 Å². The Morgan fingerprint density at radius 3 is 3.00 bits per heavy atom. The average molecular weight is 322 g/mol. The number of amides is 1. The molecule has 2 rings (SSSR count). The molecular weight excluding hydrogens is 304 g/mol. The van der Waals surface area contributed by atoms with Gasteiger partial charge in [0, 0.05) is 0 Å². The fourth-order valence-electron chi connectivity index (χ4n) is 1.95. The van der Waals surface area contributed by atoms with Crippen molar-refractivity contribution in [2.24, 2.45) is 0 Å². The van der Waals surface area contributed by atoms with Gasteiger partial charge in [-0.2, -0.15) is 5.26 Å². The number of rotatable bonds is 7. The lowest BCUT2D eigenvalue weighted by Gasteiger charge is -2.23. The molecule has 1 aromatic heterocycles. The van der Waals surface area contributed by atoms with Gasteiger partial charge in [0.25, 0.3) is 5.91 Å². The van der Waals surface area contributed by atoms with Crippen molar-refractivity contribution in [3.05, 3.63) is 34.0 Å². The van der Waals surface area contributed by atoms with Crippen LogP contribution in [0, 0.1) is 11.3 Å². The van der Waals surface area contributed by atoms with Gasteiger partial charge in [-0.05, 0) is 24.3 Å². The lowest BCUT2D eigenvalue weighted by Crippen LogP contribution is -2.31. The molecule has 1 amide bonds. The smallest absolute Gasteiger partial charge is 0.264 e. The quantitative estimate of drug-likeness (QED) is 0.762. The van der Waals surface area contributed by atoms with Crippen molar-refractivity contribution < 1.29 is 9.21 Å². The summed E-state index contributed by atoms with van der Waals surface area (Å²) >= 11 is 3.09. The van der Waals surface area contributed by atoms with Crippen LogP contribution in [0.3, 0.4) is 0 Å². The lowest BCUT2D eigenvalue weighted by atomic mass is 10.2. The largest absolute Gasteiger partial charge is 0.466 e. The van der Waals surface area contributed by atoms with Crippen LogP contribution in [0.1, 0.15) is 43.7 Å². The molecule has 1 atom stereocenters. The number of hydrogen-bond donors (Lipinski definition) is 1. The van der Waals surface area contributed by atoms with E-state index in [9.17, 15) is 10.1 Å². The number of thioether (sulfide) groups is 2. The molecule has 21 heavy (non-hydrogen) atoms. The predicted octanol–water partition coefficient (Wildman–Crippen LogP) is 4.19. The molecule has 0 aliphatic carbocycles. The van der Waals surface area contributed by atoms with Crippen LogP contribution in [0.15, 0.2) is 32.6 Å². The minimum atomic E-state index is -0.311. The molecule has 4 nitrogen and oxygen atoms in total. The number of carbonyl (C=O) groups excluding carboxylic acids is 1. The molecule has 1 unspecified atom stereocenters. The summed E-state index contributed by atoms with van der Waals surface area (Å²) in [5.41, 5.74) is 0.225. The highest BCUT2D eigenvalue weighted by molar-refractivity contribution is 8.22. The average Bonchev–Trinajstić information content (AvgIpc) is 3.01. The minimum Gasteiger partial charge on any atom is -0.466 e. The van der Waals surface area contributed by atoms with Crippen molar-refractivity contribution in [2.45, 2.75) is 38.0 Å². The summed E-state index contributed by atoms with van der Waals surface area (Å²) in [7, 11) is 0. The standard InChI is InChI=1S/C15H18N2O2S2/c1-2-3-4-5-9-20-15-11(10-16)13(18)17-14(21-15)12-7-6-8-19-12/h6-8,14H,2-5,9H2,1H3,(H,17,18). The molecule has 0 spiro atoms. The van der Waals surface area contributed by atoms with E-state index in [2.05, 4.69) is 12.2 Å². The van der Waals surface area contributed by atoms with Crippen molar-refractivity contribution in [2.75, 3.05) is 5.75 Å². The first-order valence-electron chi connectivity index (χ1n) is 7.04. The van der Waals surface area contributed by atoms with Crippen LogP contribution in [0.25, 0.3) is 0 Å². The SMILES string of the molecule is CCCCCCSC1=C(C#N)C(=O)NC(c2ccco2)S1. The molecule has 1 N–H and O–H groups in total. The maximum Gasteiger partial charge on any atom is 0.264 e. The molecule has 2 heterocycles. The summed E-state index contributed by atoms with van der Waals surface area (Å²) in [6.45, 7) is 2.18. The summed E-state index contributed by atoms with van der Waals surface area (Å²) in [6.07, 6.45) is 6.32. The molecule has 6 heteroatoms. The molecule has 1 aliphatic heterocycles. The van der Waals surface area contributed by atoms with E-state index in [4.69, 9.17) is 4.42 Å². The molecule has 1 aliphatic rings. The van der Waals surface area contributed by atoms with E-state index in [0.717, 1.165) is 16.4 Å². The fraction of sp³-hybridized carbons (Fsp3) is 0.467. The first-order chi connectivity index (χ1) is 10.3. The van der Waals surface area contributed by atoms with E-state index in [-0.39, 0.29) is 16.9 Å². The topological polar surface area (TPSA) is 66.0 Å². The van der Waals surface area contributed by atoms with E-state index >= 15 is 0 Å². The predicted molar refractivity (Wildman–Crippen MR) is 86.4 cm³/mol. The number of hydrogen-bond acceptors (Lipinski definition) is 5. The number of nitrogens with one attached hydrogen (secondary N) is 1. The zero-order valence-corrected chi connectivity index (χ0v) is 13.6. The maximum atomic E-state index is 12.0. The second-order valence-corrected chi connectivity index (χ2v) is 7.15. The number of unbranched alkanes of at least 4 members (excludes halogenated alkanes) is 3. The van der Waals surface area contributed by atoms with Gasteiger partial charge in [0.05, 0.1) is 10.5 Å². The Morgan fingerprint density at radius 1 is 1.48 bits per heavy atom. The first-order valence-corrected chi connectivity index (χ1v) is 8.91. The third-order valence-corrected chi connectivity index (χ3v) is 5.67. The molecular formula is C15H18N2O2S2. The summed E-state index contributed by atoms with van der Waals surface area (Å²) in [6, 6.07) is 5.64. The van der Waals surface area contributed by atoms with Gasteiger partial charge in [-0.1, -0.05) is 37.9 Å².